The summed E-state index contributed by atoms with van der Waals surface area (Å²) in [5.41, 5.74) is -6.50. The van der Waals surface area contributed by atoms with Gasteiger partial charge in [-0.05, 0) is 61.5 Å². The van der Waals surface area contributed by atoms with Gasteiger partial charge >= 0.3 is 6.09 Å². The molecule has 0 aromatic carbocycles. The van der Waals surface area contributed by atoms with Gasteiger partial charge in [0.05, 0.1) is 12.2 Å². The molecule has 0 aromatic heterocycles. The van der Waals surface area contributed by atoms with Crippen molar-refractivity contribution >= 4 is 29.4 Å². The van der Waals surface area contributed by atoms with Gasteiger partial charge in [-0.15, -0.1) is 0 Å². The number of thioether (sulfide) groups is 1. The Morgan fingerprint density at radius 1 is 1.26 bits per heavy atom. The maximum absolute atomic E-state index is 17.6. The Bertz CT molecular complexity index is 1210. The van der Waals surface area contributed by atoms with Crippen molar-refractivity contribution < 1.29 is 42.5 Å². The monoisotopic (exact) mass is 625 g/mol. The number of aliphatic hydroxyl groups is 1. The van der Waals surface area contributed by atoms with Gasteiger partial charge in [0.25, 0.3) is 0 Å². The van der Waals surface area contributed by atoms with Crippen molar-refractivity contribution in [3.63, 3.8) is 0 Å². The number of aliphatic hydroxyl groups excluding tert-OH is 1. The Hall–Kier alpha value is -1.82. The number of halogens is 2. The second-order valence-corrected chi connectivity index (χ2v) is 15.3. The van der Waals surface area contributed by atoms with Crippen LogP contribution in [0.5, 0.6) is 0 Å². The van der Waals surface area contributed by atoms with Gasteiger partial charge in [-0.25, -0.2) is 13.6 Å². The number of Topliss-reactive ketones (excluding diaryl/α,β-unsaturated/α-hetero) is 1. The van der Waals surface area contributed by atoms with Crippen LogP contribution in [0, 0.1) is 22.7 Å². The van der Waals surface area contributed by atoms with E-state index in [0.29, 0.717) is 18.2 Å². The molecule has 8 nitrogen and oxygen atoms in total. The fourth-order valence-electron chi connectivity index (χ4n) is 8.75. The lowest BCUT2D eigenvalue weighted by Crippen LogP contribution is -2.71. The van der Waals surface area contributed by atoms with Crippen molar-refractivity contribution in [2.45, 2.75) is 108 Å². The summed E-state index contributed by atoms with van der Waals surface area (Å²) < 4.78 is 51.6. The van der Waals surface area contributed by atoms with E-state index in [1.54, 1.807) is 32.7 Å². The Morgan fingerprint density at radius 2 is 1.98 bits per heavy atom. The molecule has 0 radical (unpaired) electrons. The summed E-state index contributed by atoms with van der Waals surface area (Å²) in [5.74, 6) is -1.74. The zero-order valence-corrected chi connectivity index (χ0v) is 26.8. The predicted octanol–water partition coefficient (Wildman–Crippen LogP) is 4.97. The van der Waals surface area contributed by atoms with Crippen LogP contribution in [0.25, 0.3) is 0 Å². The zero-order chi connectivity index (χ0) is 31.5. The van der Waals surface area contributed by atoms with Gasteiger partial charge < -0.3 is 24.2 Å². The van der Waals surface area contributed by atoms with E-state index in [1.807, 2.05) is 6.92 Å². The van der Waals surface area contributed by atoms with Gasteiger partial charge in [-0.1, -0.05) is 40.2 Å². The minimum absolute atomic E-state index is 0.0451. The molecule has 1 saturated heterocycles. The van der Waals surface area contributed by atoms with Gasteiger partial charge in [0.2, 0.25) is 5.78 Å². The first-order valence-electron chi connectivity index (χ1n) is 15.5. The number of hydrogen-bond acceptors (Lipinski definition) is 8. The number of rotatable bonds is 9. The molecule has 0 spiro atoms. The van der Waals surface area contributed by atoms with Crippen molar-refractivity contribution in [1.82, 2.24) is 4.90 Å². The number of allylic oxidation sites excluding steroid dienone is 4. The molecule has 1 amide bonds. The Kier molecular flexibility index (Phi) is 8.72. The SMILES string of the molecule is CCCC1O[C@@H]2C[C@H]3[C@@H]4C[C@H](F)C5=CC(=O)C=C[C@]5(C)[C@@]4(F)[C@@H](O)C[C@]3(C)[C@]2(C(=O)COC(=O)N(C)CCSC(C)C)O1. The molecule has 3 saturated carbocycles. The molecule has 4 aliphatic carbocycles. The highest BCUT2D eigenvalue weighted by Crippen LogP contribution is 2.72. The minimum atomic E-state index is -2.28. The molecule has 1 aliphatic heterocycles. The summed E-state index contributed by atoms with van der Waals surface area (Å²) in [6.07, 6.45) is -0.358. The highest BCUT2D eigenvalue weighted by molar-refractivity contribution is 7.99. The lowest BCUT2D eigenvalue weighted by molar-refractivity contribution is -0.234. The number of ether oxygens (including phenoxy) is 3. The predicted molar refractivity (Wildman–Crippen MR) is 158 cm³/mol. The van der Waals surface area contributed by atoms with Gasteiger partial charge in [0.1, 0.15) is 6.17 Å². The molecule has 1 N–H and O–H groups in total. The largest absolute Gasteiger partial charge is 0.441 e. The van der Waals surface area contributed by atoms with Crippen molar-refractivity contribution in [3.8, 4) is 0 Å². The Balaban J connectivity index is 1.45. The third kappa shape index (κ3) is 4.82. The molecular weight excluding hydrogens is 580 g/mol. The number of amides is 1. The van der Waals surface area contributed by atoms with Crippen LogP contribution in [0.15, 0.2) is 23.8 Å². The number of hydrogen-bond donors (Lipinski definition) is 1. The first-order valence-corrected chi connectivity index (χ1v) is 16.5. The van der Waals surface area contributed by atoms with Crippen molar-refractivity contribution in [1.29, 1.82) is 0 Å². The van der Waals surface area contributed by atoms with Crippen LogP contribution in [0.1, 0.15) is 66.7 Å². The topological polar surface area (TPSA) is 102 Å². The molecule has 11 heteroatoms. The van der Waals surface area contributed by atoms with E-state index in [9.17, 15) is 19.5 Å². The third-order valence-corrected chi connectivity index (χ3v) is 12.0. The normalized spacial score (nSPS) is 43.0. The van der Waals surface area contributed by atoms with Crippen LogP contribution in [-0.4, -0.2) is 94.8 Å². The van der Waals surface area contributed by atoms with Crippen LogP contribution in [0.2, 0.25) is 0 Å². The molecule has 1 heterocycles. The fourth-order valence-corrected chi connectivity index (χ4v) is 9.60. The van der Waals surface area contributed by atoms with Crippen LogP contribution in [0.3, 0.4) is 0 Å². The van der Waals surface area contributed by atoms with E-state index >= 15 is 8.78 Å². The highest BCUT2D eigenvalue weighted by atomic mass is 32.2. The number of ketones is 2. The number of carbonyl (C=O) groups is 3. The van der Waals surface area contributed by atoms with Gasteiger partial charge in [-0.3, -0.25) is 9.59 Å². The highest BCUT2D eigenvalue weighted by Gasteiger charge is 2.80. The number of nitrogens with zero attached hydrogens (tertiary/aromatic N) is 1. The van der Waals surface area contributed by atoms with E-state index in [2.05, 4.69) is 13.8 Å². The van der Waals surface area contributed by atoms with Crippen LogP contribution in [0.4, 0.5) is 13.6 Å². The molecule has 240 valence electrons. The molecule has 1 unspecified atom stereocenters. The van der Waals surface area contributed by atoms with E-state index in [0.717, 1.165) is 18.2 Å². The first kappa shape index (κ1) is 32.6. The van der Waals surface area contributed by atoms with E-state index < -0.39 is 82.9 Å². The summed E-state index contributed by atoms with van der Waals surface area (Å²) in [7, 11) is 1.61. The zero-order valence-electron chi connectivity index (χ0n) is 25.9. The van der Waals surface area contributed by atoms with Crippen LogP contribution >= 0.6 is 11.8 Å². The fraction of sp³-hybridized carbons (Fsp3) is 0.781. The molecular formula is C32H45F2NO7S. The maximum atomic E-state index is 17.6. The molecule has 0 bridgehead atoms. The van der Waals surface area contributed by atoms with Crippen molar-refractivity contribution in [2.75, 3.05) is 26.0 Å². The Labute approximate surface area is 256 Å². The summed E-state index contributed by atoms with van der Waals surface area (Å²) >= 11 is 1.71. The molecule has 0 aromatic rings. The van der Waals surface area contributed by atoms with Crippen molar-refractivity contribution in [2.24, 2.45) is 22.7 Å². The third-order valence-electron chi connectivity index (χ3n) is 10.9. The van der Waals surface area contributed by atoms with E-state index in [4.69, 9.17) is 14.2 Å². The second kappa shape index (κ2) is 11.5. The lowest BCUT2D eigenvalue weighted by atomic mass is 9.44. The minimum Gasteiger partial charge on any atom is -0.441 e. The quantitative estimate of drug-likeness (QED) is 0.383. The van der Waals surface area contributed by atoms with Crippen molar-refractivity contribution in [3.05, 3.63) is 23.8 Å². The van der Waals surface area contributed by atoms with Crippen LogP contribution < -0.4 is 0 Å². The van der Waals surface area contributed by atoms with E-state index in [1.165, 1.54) is 17.1 Å². The lowest BCUT2D eigenvalue weighted by Gasteiger charge is -2.63. The Morgan fingerprint density at radius 3 is 2.65 bits per heavy atom. The smallest absolute Gasteiger partial charge is 0.409 e. The summed E-state index contributed by atoms with van der Waals surface area (Å²) in [6, 6.07) is 0. The maximum Gasteiger partial charge on any atom is 0.409 e. The average molecular weight is 626 g/mol. The molecule has 5 aliphatic rings. The number of carbonyl (C=O) groups excluding carboxylic acids is 3. The summed E-state index contributed by atoms with van der Waals surface area (Å²) in [4.78, 5) is 40.5. The summed E-state index contributed by atoms with van der Waals surface area (Å²) in [6.45, 7) is 9.34. The van der Waals surface area contributed by atoms with Gasteiger partial charge in [0.15, 0.2) is 29.9 Å². The second-order valence-electron chi connectivity index (χ2n) is 13.6. The number of fused-ring (bicyclic) bond motifs is 7. The standard InChI is InChI=1S/C32H45F2NO7S/c1-7-8-27-41-26-15-20-21-14-23(33)22-13-19(36)9-10-29(22,4)31(21,34)24(37)16-30(20,5)32(26,42-27)25(38)17-40-28(39)35(6)11-12-43-18(2)3/h9-10,13,18,20-21,23-24,26-27,37H,7-8,11-12,14-17H2,1-6H3/t20-,21-,23-,24-,26+,27?,29-,30-,31-,32+/m0/s1. The molecule has 4 fully saturated rings. The molecule has 5 rings (SSSR count). The summed E-state index contributed by atoms with van der Waals surface area (Å²) in [5, 5.41) is 12.1. The average Bonchev–Trinajstić information content (AvgIpc) is 3.42. The molecule has 43 heavy (non-hydrogen) atoms. The van der Waals surface area contributed by atoms with Gasteiger partial charge in [0, 0.05) is 36.1 Å². The van der Waals surface area contributed by atoms with Gasteiger partial charge in [-0.2, -0.15) is 11.8 Å². The number of alkyl halides is 2. The first-order chi connectivity index (χ1) is 20.2. The van der Waals surface area contributed by atoms with E-state index in [-0.39, 0.29) is 24.8 Å². The van der Waals surface area contributed by atoms with Crippen LogP contribution in [-0.2, 0) is 23.8 Å². The molecule has 10 atom stereocenters.